The minimum Gasteiger partial charge on any atom is -0.380 e. The maximum atomic E-state index is 10.1. The second kappa shape index (κ2) is 5.80. The van der Waals surface area contributed by atoms with Gasteiger partial charge in [-0.3, -0.25) is 0 Å². The molecule has 0 aromatic heterocycles. The van der Waals surface area contributed by atoms with E-state index in [1.165, 1.54) is 0 Å². The Hall–Kier alpha value is -0.940. The van der Waals surface area contributed by atoms with Crippen molar-refractivity contribution in [2.75, 3.05) is 26.4 Å². The number of rotatable bonds is 6. The fraction of sp³-hybridized carbons (Fsp3) is 0.571. The van der Waals surface area contributed by atoms with Gasteiger partial charge in [0.15, 0.2) is 6.29 Å². The molecule has 0 spiro atoms. The van der Waals surface area contributed by atoms with E-state index in [-0.39, 0.29) is 6.29 Å². The average molecular weight is 252 g/mol. The number of benzene rings is 1. The average Bonchev–Trinajstić information content (AvgIpc) is 2.36. The van der Waals surface area contributed by atoms with Gasteiger partial charge in [-0.05, 0) is 19.4 Å². The number of aliphatic hydroxyl groups is 1. The van der Waals surface area contributed by atoms with E-state index in [1.807, 2.05) is 38.1 Å². The highest BCUT2D eigenvalue weighted by Gasteiger charge is 2.37. The molecular weight excluding hydrogens is 232 g/mol. The van der Waals surface area contributed by atoms with Crippen LogP contribution in [-0.2, 0) is 19.8 Å². The third-order valence-corrected chi connectivity index (χ3v) is 3.04. The van der Waals surface area contributed by atoms with Crippen molar-refractivity contribution in [1.29, 1.82) is 0 Å². The zero-order valence-corrected chi connectivity index (χ0v) is 10.9. The summed E-state index contributed by atoms with van der Waals surface area (Å²) in [5.41, 5.74) is 1.03. The molecular formula is C14H20O4. The maximum absolute atomic E-state index is 10.1. The van der Waals surface area contributed by atoms with Gasteiger partial charge < -0.3 is 19.3 Å². The van der Waals surface area contributed by atoms with Gasteiger partial charge in [-0.25, -0.2) is 0 Å². The van der Waals surface area contributed by atoms with Crippen LogP contribution in [0, 0.1) is 0 Å². The lowest BCUT2D eigenvalue weighted by Crippen LogP contribution is -2.46. The molecule has 0 unspecified atom stereocenters. The van der Waals surface area contributed by atoms with Crippen molar-refractivity contribution in [2.24, 2.45) is 0 Å². The first-order valence-corrected chi connectivity index (χ1v) is 6.33. The Kier molecular flexibility index (Phi) is 4.35. The molecule has 1 saturated heterocycles. The fourth-order valence-corrected chi connectivity index (χ4v) is 1.96. The summed E-state index contributed by atoms with van der Waals surface area (Å²) in [7, 11) is 0. The van der Waals surface area contributed by atoms with Gasteiger partial charge >= 0.3 is 0 Å². The molecule has 0 saturated carbocycles. The van der Waals surface area contributed by atoms with Crippen molar-refractivity contribution >= 4 is 0 Å². The largest absolute Gasteiger partial charge is 0.380 e. The van der Waals surface area contributed by atoms with Crippen molar-refractivity contribution in [3.63, 3.8) is 0 Å². The van der Waals surface area contributed by atoms with Crippen LogP contribution in [0.2, 0.25) is 0 Å². The lowest BCUT2D eigenvalue weighted by atomic mass is 9.91. The SMILES string of the molecule is CCOC(OCC)c1ccc(C2(O)COC2)cc1. The van der Waals surface area contributed by atoms with E-state index in [9.17, 15) is 5.11 Å². The van der Waals surface area contributed by atoms with Crippen molar-refractivity contribution in [3.8, 4) is 0 Å². The quantitative estimate of drug-likeness (QED) is 0.786. The van der Waals surface area contributed by atoms with E-state index in [4.69, 9.17) is 14.2 Å². The molecule has 0 aliphatic carbocycles. The number of hydrogen-bond donors (Lipinski definition) is 1. The predicted molar refractivity (Wildman–Crippen MR) is 67.2 cm³/mol. The molecule has 1 aromatic carbocycles. The molecule has 0 bridgehead atoms. The normalized spacial score (nSPS) is 17.8. The van der Waals surface area contributed by atoms with Gasteiger partial charge in [-0.1, -0.05) is 24.3 Å². The lowest BCUT2D eigenvalue weighted by molar-refractivity contribution is -0.184. The molecule has 0 atom stereocenters. The van der Waals surface area contributed by atoms with Gasteiger partial charge in [0.1, 0.15) is 5.60 Å². The summed E-state index contributed by atoms with van der Waals surface area (Å²) in [6.45, 7) is 5.82. The first-order chi connectivity index (χ1) is 8.69. The second-order valence-corrected chi connectivity index (χ2v) is 4.39. The Morgan fingerprint density at radius 2 is 1.72 bits per heavy atom. The molecule has 1 aliphatic heterocycles. The molecule has 4 nitrogen and oxygen atoms in total. The number of ether oxygens (including phenoxy) is 3. The molecule has 1 N–H and O–H groups in total. The molecule has 0 radical (unpaired) electrons. The van der Waals surface area contributed by atoms with Crippen LogP contribution in [0.25, 0.3) is 0 Å². The third-order valence-electron chi connectivity index (χ3n) is 3.04. The Labute approximate surface area is 107 Å². The standard InChI is InChI=1S/C14H20O4/c1-3-17-13(18-4-2)11-5-7-12(8-6-11)14(15)9-16-10-14/h5-8,13,15H,3-4,9-10H2,1-2H3. The van der Waals surface area contributed by atoms with Crippen LogP contribution in [0.4, 0.5) is 0 Å². The van der Waals surface area contributed by atoms with Gasteiger partial charge in [-0.15, -0.1) is 0 Å². The van der Waals surface area contributed by atoms with E-state index in [1.54, 1.807) is 0 Å². The first-order valence-electron chi connectivity index (χ1n) is 6.33. The highest BCUT2D eigenvalue weighted by Crippen LogP contribution is 2.30. The molecule has 4 heteroatoms. The van der Waals surface area contributed by atoms with E-state index in [2.05, 4.69) is 0 Å². The molecule has 0 amide bonds. The minimum atomic E-state index is -0.814. The molecule has 1 fully saturated rings. The van der Waals surface area contributed by atoms with E-state index in [0.717, 1.165) is 11.1 Å². The highest BCUT2D eigenvalue weighted by molar-refractivity contribution is 5.29. The van der Waals surface area contributed by atoms with Gasteiger partial charge in [-0.2, -0.15) is 0 Å². The van der Waals surface area contributed by atoms with E-state index in [0.29, 0.717) is 26.4 Å². The van der Waals surface area contributed by atoms with Gasteiger partial charge in [0.05, 0.1) is 13.2 Å². The van der Waals surface area contributed by atoms with Crippen molar-refractivity contribution in [3.05, 3.63) is 35.4 Å². The Morgan fingerprint density at radius 3 is 2.11 bits per heavy atom. The van der Waals surface area contributed by atoms with E-state index < -0.39 is 5.60 Å². The summed E-state index contributed by atoms with van der Waals surface area (Å²) in [5.74, 6) is 0. The van der Waals surface area contributed by atoms with Crippen LogP contribution >= 0.6 is 0 Å². The predicted octanol–water partition coefficient (Wildman–Crippen LogP) is 1.98. The van der Waals surface area contributed by atoms with Gasteiger partial charge in [0.25, 0.3) is 0 Å². The maximum Gasteiger partial charge on any atom is 0.183 e. The van der Waals surface area contributed by atoms with Crippen LogP contribution in [0.3, 0.4) is 0 Å². The molecule has 1 heterocycles. The first kappa shape index (κ1) is 13.5. The monoisotopic (exact) mass is 252 g/mol. The van der Waals surface area contributed by atoms with Crippen molar-refractivity contribution in [1.82, 2.24) is 0 Å². The smallest absolute Gasteiger partial charge is 0.183 e. The summed E-state index contributed by atoms with van der Waals surface area (Å²) in [5, 5.41) is 10.1. The van der Waals surface area contributed by atoms with Gasteiger partial charge in [0.2, 0.25) is 0 Å². The van der Waals surface area contributed by atoms with Crippen LogP contribution in [0.5, 0.6) is 0 Å². The summed E-state index contributed by atoms with van der Waals surface area (Å²) < 4.78 is 16.1. The summed E-state index contributed by atoms with van der Waals surface area (Å²) in [6, 6.07) is 7.68. The van der Waals surface area contributed by atoms with Gasteiger partial charge in [0, 0.05) is 18.8 Å². The van der Waals surface area contributed by atoms with Crippen LogP contribution in [0.15, 0.2) is 24.3 Å². The Bertz CT molecular complexity index is 364. The van der Waals surface area contributed by atoms with E-state index >= 15 is 0 Å². The molecule has 1 aromatic rings. The zero-order valence-electron chi connectivity index (χ0n) is 10.9. The van der Waals surface area contributed by atoms with Crippen LogP contribution in [-0.4, -0.2) is 31.5 Å². The molecule has 100 valence electrons. The van der Waals surface area contributed by atoms with Crippen LogP contribution < -0.4 is 0 Å². The Morgan fingerprint density at radius 1 is 1.17 bits per heavy atom. The molecule has 2 rings (SSSR count). The zero-order chi connectivity index (χ0) is 13.0. The molecule has 1 aliphatic rings. The fourth-order valence-electron chi connectivity index (χ4n) is 1.96. The topological polar surface area (TPSA) is 47.9 Å². The lowest BCUT2D eigenvalue weighted by Gasteiger charge is -2.36. The second-order valence-electron chi connectivity index (χ2n) is 4.39. The Balaban J connectivity index is 2.10. The third kappa shape index (κ3) is 2.72. The number of hydrogen-bond acceptors (Lipinski definition) is 4. The summed E-state index contributed by atoms with van der Waals surface area (Å²) in [6.07, 6.45) is -0.332. The molecule has 18 heavy (non-hydrogen) atoms. The van der Waals surface area contributed by atoms with Crippen molar-refractivity contribution in [2.45, 2.75) is 25.7 Å². The summed E-state index contributed by atoms with van der Waals surface area (Å²) >= 11 is 0. The van der Waals surface area contributed by atoms with Crippen molar-refractivity contribution < 1.29 is 19.3 Å². The summed E-state index contributed by atoms with van der Waals surface area (Å²) in [4.78, 5) is 0. The minimum absolute atomic E-state index is 0.332. The highest BCUT2D eigenvalue weighted by atomic mass is 16.7. The van der Waals surface area contributed by atoms with Crippen LogP contribution in [0.1, 0.15) is 31.3 Å².